The minimum absolute atomic E-state index is 0.117. The number of carbonyl (C=O) groups excluding carboxylic acids is 2. The third-order valence-electron chi connectivity index (χ3n) is 2.70. The molecule has 0 heterocycles. The van der Waals surface area contributed by atoms with Gasteiger partial charge in [-0.1, -0.05) is 0 Å². The van der Waals surface area contributed by atoms with Gasteiger partial charge in [-0.05, 0) is 20.3 Å². The second kappa shape index (κ2) is 8.80. The van der Waals surface area contributed by atoms with Gasteiger partial charge in [0.1, 0.15) is 6.04 Å². The Bertz CT molecular complexity index is 360. The Morgan fingerprint density at radius 1 is 1.40 bits per heavy atom. The minimum Gasteiger partial charge on any atom is -0.480 e. The average molecular weight is 306 g/mol. The van der Waals surface area contributed by atoms with E-state index in [0.29, 0.717) is 13.0 Å². The van der Waals surface area contributed by atoms with Gasteiger partial charge >= 0.3 is 11.9 Å². The van der Waals surface area contributed by atoms with E-state index >= 15 is 0 Å². The monoisotopic (exact) mass is 306 g/mol. The van der Waals surface area contributed by atoms with Crippen molar-refractivity contribution in [3.63, 3.8) is 0 Å². The second-order valence-corrected chi connectivity index (χ2v) is 6.37. The van der Waals surface area contributed by atoms with Crippen molar-refractivity contribution >= 4 is 29.6 Å². The van der Waals surface area contributed by atoms with Gasteiger partial charge in [0.25, 0.3) is 0 Å². The van der Waals surface area contributed by atoms with E-state index < -0.39 is 16.8 Å². The van der Waals surface area contributed by atoms with Crippen molar-refractivity contribution in [2.24, 2.45) is 5.73 Å². The predicted octanol–water partition coefficient (Wildman–Crippen LogP) is -0.0205. The number of ether oxygens (including phenoxy) is 1. The molecular formula is C12H22N2O5S. The van der Waals surface area contributed by atoms with Gasteiger partial charge in [-0.2, -0.15) is 0 Å². The number of methoxy groups -OCH3 is 1. The number of carbonyl (C=O) groups is 3. The number of rotatable bonds is 9. The first kappa shape index (κ1) is 18.7. The number of esters is 1. The fourth-order valence-electron chi connectivity index (χ4n) is 1.25. The average Bonchev–Trinajstić information content (AvgIpc) is 2.39. The molecule has 0 bridgehead atoms. The summed E-state index contributed by atoms with van der Waals surface area (Å²) in [5.74, 6) is -1.51. The van der Waals surface area contributed by atoms with Crippen molar-refractivity contribution in [2.45, 2.75) is 37.5 Å². The van der Waals surface area contributed by atoms with Crippen molar-refractivity contribution < 1.29 is 24.2 Å². The lowest BCUT2D eigenvalue weighted by Gasteiger charge is -2.27. The fourth-order valence-corrected chi connectivity index (χ4v) is 2.14. The Morgan fingerprint density at radius 3 is 2.50 bits per heavy atom. The maximum atomic E-state index is 11.6. The molecule has 0 unspecified atom stereocenters. The first-order valence-corrected chi connectivity index (χ1v) is 7.15. The summed E-state index contributed by atoms with van der Waals surface area (Å²) in [7, 11) is 1.31. The molecule has 0 saturated carbocycles. The number of hydrogen-bond donors (Lipinski definition) is 3. The SMILES string of the molecule is COC(=O)CCCNC(=O)CSC(C)(C)[C@H](N)C(=O)O. The second-order valence-electron chi connectivity index (χ2n) is 4.74. The van der Waals surface area contributed by atoms with E-state index in [1.807, 2.05) is 0 Å². The summed E-state index contributed by atoms with van der Waals surface area (Å²) in [6.07, 6.45) is 0.750. The maximum Gasteiger partial charge on any atom is 0.321 e. The van der Waals surface area contributed by atoms with E-state index in [1.165, 1.54) is 18.9 Å². The van der Waals surface area contributed by atoms with Gasteiger partial charge < -0.3 is 20.9 Å². The van der Waals surface area contributed by atoms with Crippen molar-refractivity contribution in [2.75, 3.05) is 19.4 Å². The van der Waals surface area contributed by atoms with Crippen LogP contribution in [-0.2, 0) is 19.1 Å². The molecule has 116 valence electrons. The van der Waals surface area contributed by atoms with Crippen molar-refractivity contribution in [3.8, 4) is 0 Å². The molecule has 1 amide bonds. The van der Waals surface area contributed by atoms with Gasteiger partial charge in [-0.3, -0.25) is 14.4 Å². The van der Waals surface area contributed by atoms with E-state index in [0.717, 1.165) is 0 Å². The smallest absolute Gasteiger partial charge is 0.321 e. The molecule has 4 N–H and O–H groups in total. The van der Waals surface area contributed by atoms with Gasteiger partial charge in [-0.25, -0.2) is 0 Å². The first-order valence-electron chi connectivity index (χ1n) is 6.16. The van der Waals surface area contributed by atoms with E-state index in [2.05, 4.69) is 10.1 Å². The molecule has 20 heavy (non-hydrogen) atoms. The van der Waals surface area contributed by atoms with Gasteiger partial charge in [-0.15, -0.1) is 11.8 Å². The van der Waals surface area contributed by atoms with Crippen LogP contribution >= 0.6 is 11.8 Å². The quantitative estimate of drug-likeness (QED) is 0.404. The number of carboxylic acids is 1. The molecule has 0 aromatic carbocycles. The highest BCUT2D eigenvalue weighted by Crippen LogP contribution is 2.27. The molecule has 0 aromatic heterocycles. The zero-order valence-corrected chi connectivity index (χ0v) is 12.8. The summed E-state index contributed by atoms with van der Waals surface area (Å²) in [5.41, 5.74) is 5.55. The molecule has 8 heteroatoms. The third kappa shape index (κ3) is 7.34. The maximum absolute atomic E-state index is 11.6. The first-order chi connectivity index (χ1) is 9.20. The van der Waals surface area contributed by atoms with Gasteiger partial charge in [0, 0.05) is 17.7 Å². The Morgan fingerprint density at radius 2 is 2.00 bits per heavy atom. The number of hydrogen-bond acceptors (Lipinski definition) is 6. The van der Waals surface area contributed by atoms with Crippen LogP contribution in [0.1, 0.15) is 26.7 Å². The molecule has 0 spiro atoms. The molecule has 0 aromatic rings. The highest BCUT2D eigenvalue weighted by atomic mass is 32.2. The molecule has 0 aliphatic heterocycles. The van der Waals surface area contributed by atoms with Gasteiger partial charge in [0.15, 0.2) is 0 Å². The number of amides is 1. The normalized spacial score (nSPS) is 12.6. The summed E-state index contributed by atoms with van der Waals surface area (Å²) in [4.78, 5) is 33.2. The standard InChI is InChI=1S/C12H22N2O5S/c1-12(2,10(13)11(17)18)20-7-8(15)14-6-4-5-9(16)19-3/h10H,4-7,13H2,1-3H3,(H,14,15)(H,17,18)/t10-/m1/s1. The van der Waals surface area contributed by atoms with Crippen LogP contribution in [0.15, 0.2) is 0 Å². The Hall–Kier alpha value is -1.28. The van der Waals surface area contributed by atoms with Gasteiger partial charge in [0.05, 0.1) is 12.9 Å². The van der Waals surface area contributed by atoms with E-state index in [4.69, 9.17) is 10.8 Å². The molecule has 0 fully saturated rings. The van der Waals surface area contributed by atoms with E-state index in [-0.39, 0.29) is 24.1 Å². The van der Waals surface area contributed by atoms with Crippen LogP contribution in [0.25, 0.3) is 0 Å². The largest absolute Gasteiger partial charge is 0.480 e. The minimum atomic E-state index is -1.10. The highest BCUT2D eigenvalue weighted by molar-refractivity contribution is 8.01. The number of thioether (sulfide) groups is 1. The van der Waals surface area contributed by atoms with Crippen molar-refractivity contribution in [1.82, 2.24) is 5.32 Å². The zero-order valence-electron chi connectivity index (χ0n) is 12.0. The van der Waals surface area contributed by atoms with Crippen molar-refractivity contribution in [1.29, 1.82) is 0 Å². The summed E-state index contributed by atoms with van der Waals surface area (Å²) in [5, 5.41) is 11.5. The van der Waals surface area contributed by atoms with Crippen molar-refractivity contribution in [3.05, 3.63) is 0 Å². The van der Waals surface area contributed by atoms with Crippen LogP contribution in [-0.4, -0.2) is 53.1 Å². The number of nitrogens with one attached hydrogen (secondary N) is 1. The lowest BCUT2D eigenvalue weighted by atomic mass is 10.1. The van der Waals surface area contributed by atoms with Crippen LogP contribution in [0, 0.1) is 0 Å². The molecule has 0 aliphatic carbocycles. The van der Waals surface area contributed by atoms with Crippen LogP contribution in [0.4, 0.5) is 0 Å². The molecule has 7 nitrogen and oxygen atoms in total. The summed E-state index contributed by atoms with van der Waals surface area (Å²) in [6, 6.07) is -1.04. The molecule has 0 aliphatic rings. The van der Waals surface area contributed by atoms with Crippen LogP contribution in [0.5, 0.6) is 0 Å². The van der Waals surface area contributed by atoms with Crippen LogP contribution < -0.4 is 11.1 Å². The summed E-state index contributed by atoms with van der Waals surface area (Å²) in [6.45, 7) is 3.74. The molecule has 0 radical (unpaired) electrons. The highest BCUT2D eigenvalue weighted by Gasteiger charge is 2.33. The van der Waals surface area contributed by atoms with Crippen LogP contribution in [0.3, 0.4) is 0 Å². The third-order valence-corrected chi connectivity index (χ3v) is 4.10. The Labute approximate surface area is 122 Å². The molecule has 0 saturated heterocycles. The number of nitrogens with two attached hydrogens (primary N) is 1. The zero-order chi connectivity index (χ0) is 15.8. The Kier molecular flexibility index (Phi) is 8.24. The number of carboxylic acid groups (broad SMARTS) is 1. The Balaban J connectivity index is 3.93. The van der Waals surface area contributed by atoms with E-state index in [9.17, 15) is 14.4 Å². The lowest BCUT2D eigenvalue weighted by Crippen LogP contribution is -2.47. The topological polar surface area (TPSA) is 119 Å². The lowest BCUT2D eigenvalue weighted by molar-refractivity contribution is -0.141. The predicted molar refractivity (Wildman–Crippen MR) is 76.4 cm³/mol. The molecule has 0 rings (SSSR count). The molecular weight excluding hydrogens is 284 g/mol. The van der Waals surface area contributed by atoms with Gasteiger partial charge in [0.2, 0.25) is 5.91 Å². The molecule has 1 atom stereocenters. The summed E-state index contributed by atoms with van der Waals surface area (Å²) >= 11 is 1.18. The number of aliphatic carboxylic acids is 1. The summed E-state index contributed by atoms with van der Waals surface area (Å²) < 4.78 is 3.73. The fraction of sp³-hybridized carbons (Fsp3) is 0.750. The van der Waals surface area contributed by atoms with E-state index in [1.54, 1.807) is 13.8 Å². The van der Waals surface area contributed by atoms with Crippen LogP contribution in [0.2, 0.25) is 0 Å².